The standard InChI is InChI=1S/C29H22N4O4/c34-26(20-10-5-2-6-11-20)28(35)32-22-13-7-12-21(14-22)25-17-31-27-24(25)15-23(16-30-27)33-29(36)37-18-19-8-3-1-4-9-19/h1-17H,18H2,(H,30,31)(H,32,35)(H,33,36). The third-order valence-corrected chi connectivity index (χ3v) is 5.66. The van der Waals surface area contributed by atoms with Gasteiger partial charge in [0.25, 0.3) is 11.7 Å². The van der Waals surface area contributed by atoms with Crippen LogP contribution in [0.15, 0.2) is 103 Å². The first-order valence-corrected chi connectivity index (χ1v) is 11.5. The zero-order valence-electron chi connectivity index (χ0n) is 19.6. The Morgan fingerprint density at radius 2 is 1.57 bits per heavy atom. The lowest BCUT2D eigenvalue weighted by molar-refractivity contribution is -0.112. The normalized spacial score (nSPS) is 10.6. The van der Waals surface area contributed by atoms with Crippen molar-refractivity contribution in [2.45, 2.75) is 6.61 Å². The average Bonchev–Trinajstić information content (AvgIpc) is 3.36. The molecular formula is C29H22N4O4. The van der Waals surface area contributed by atoms with Gasteiger partial charge in [0.1, 0.15) is 12.3 Å². The van der Waals surface area contributed by atoms with Gasteiger partial charge in [0.05, 0.1) is 11.9 Å². The number of carbonyl (C=O) groups is 3. The van der Waals surface area contributed by atoms with Gasteiger partial charge in [-0.25, -0.2) is 9.78 Å². The van der Waals surface area contributed by atoms with E-state index in [1.165, 1.54) is 6.20 Å². The van der Waals surface area contributed by atoms with Crippen LogP contribution in [0.25, 0.3) is 22.2 Å². The van der Waals surface area contributed by atoms with Crippen LogP contribution in [0.5, 0.6) is 0 Å². The molecule has 0 radical (unpaired) electrons. The zero-order valence-corrected chi connectivity index (χ0v) is 19.6. The highest BCUT2D eigenvalue weighted by molar-refractivity contribution is 6.46. The first-order valence-electron chi connectivity index (χ1n) is 11.5. The summed E-state index contributed by atoms with van der Waals surface area (Å²) in [5.41, 5.74) is 4.40. The minimum atomic E-state index is -0.718. The highest BCUT2D eigenvalue weighted by Crippen LogP contribution is 2.31. The van der Waals surface area contributed by atoms with E-state index in [9.17, 15) is 14.4 Å². The maximum Gasteiger partial charge on any atom is 0.412 e. The fraction of sp³-hybridized carbons (Fsp3) is 0.0345. The molecule has 0 bridgehead atoms. The first-order chi connectivity index (χ1) is 18.1. The van der Waals surface area contributed by atoms with Crippen LogP contribution in [0.2, 0.25) is 0 Å². The number of benzene rings is 3. The number of anilines is 2. The Hall–Kier alpha value is -5.24. The topological polar surface area (TPSA) is 113 Å². The molecule has 0 saturated heterocycles. The van der Waals surface area contributed by atoms with Gasteiger partial charge in [-0.05, 0) is 29.3 Å². The number of amides is 2. The number of rotatable bonds is 7. The van der Waals surface area contributed by atoms with Crippen molar-refractivity contribution in [1.82, 2.24) is 9.97 Å². The summed E-state index contributed by atoms with van der Waals surface area (Å²) in [6, 6.07) is 26.7. The Morgan fingerprint density at radius 3 is 2.35 bits per heavy atom. The molecular weight excluding hydrogens is 468 g/mol. The number of aromatic amines is 1. The van der Waals surface area contributed by atoms with Gasteiger partial charge in [-0.2, -0.15) is 0 Å². The van der Waals surface area contributed by atoms with Crippen molar-refractivity contribution in [2.24, 2.45) is 0 Å². The Balaban J connectivity index is 1.31. The number of ether oxygens (including phenoxy) is 1. The van der Waals surface area contributed by atoms with Crippen molar-refractivity contribution in [3.63, 3.8) is 0 Å². The van der Waals surface area contributed by atoms with E-state index in [1.807, 2.05) is 36.4 Å². The molecule has 0 atom stereocenters. The number of pyridine rings is 1. The number of nitrogens with one attached hydrogen (secondary N) is 3. The van der Waals surface area contributed by atoms with Crippen LogP contribution in [-0.4, -0.2) is 27.8 Å². The Labute approximate surface area is 212 Å². The second kappa shape index (κ2) is 10.6. The van der Waals surface area contributed by atoms with Crippen LogP contribution in [0.1, 0.15) is 15.9 Å². The van der Waals surface area contributed by atoms with Gasteiger partial charge < -0.3 is 15.0 Å². The maximum absolute atomic E-state index is 12.5. The number of carbonyl (C=O) groups excluding carboxylic acids is 3. The highest BCUT2D eigenvalue weighted by atomic mass is 16.5. The van der Waals surface area contributed by atoms with Gasteiger partial charge in [0, 0.05) is 28.4 Å². The molecule has 0 saturated carbocycles. The molecule has 5 aromatic rings. The molecule has 0 spiro atoms. The van der Waals surface area contributed by atoms with Gasteiger partial charge in [-0.1, -0.05) is 72.8 Å². The molecule has 3 N–H and O–H groups in total. The number of hydrogen-bond donors (Lipinski definition) is 3. The molecule has 3 aromatic carbocycles. The van der Waals surface area contributed by atoms with Crippen molar-refractivity contribution < 1.29 is 19.1 Å². The van der Waals surface area contributed by atoms with Gasteiger partial charge in [-0.3, -0.25) is 14.9 Å². The van der Waals surface area contributed by atoms with E-state index in [4.69, 9.17) is 4.74 Å². The van der Waals surface area contributed by atoms with Gasteiger partial charge in [0.2, 0.25) is 0 Å². The summed E-state index contributed by atoms with van der Waals surface area (Å²) in [5, 5.41) is 6.14. The summed E-state index contributed by atoms with van der Waals surface area (Å²) >= 11 is 0. The van der Waals surface area contributed by atoms with Crippen molar-refractivity contribution >= 4 is 40.2 Å². The molecule has 2 amide bonds. The van der Waals surface area contributed by atoms with Crippen molar-refractivity contribution in [3.05, 3.63) is 115 Å². The largest absolute Gasteiger partial charge is 0.444 e. The van der Waals surface area contributed by atoms with Crippen LogP contribution in [-0.2, 0) is 16.1 Å². The van der Waals surface area contributed by atoms with Gasteiger partial charge >= 0.3 is 6.09 Å². The molecule has 182 valence electrons. The Kier molecular flexibility index (Phi) is 6.72. The molecule has 0 aliphatic rings. The van der Waals surface area contributed by atoms with E-state index in [1.54, 1.807) is 60.8 Å². The van der Waals surface area contributed by atoms with Crippen LogP contribution in [0, 0.1) is 0 Å². The number of hydrogen-bond acceptors (Lipinski definition) is 5. The second-order valence-electron chi connectivity index (χ2n) is 8.24. The van der Waals surface area contributed by atoms with Crippen molar-refractivity contribution in [1.29, 1.82) is 0 Å². The van der Waals surface area contributed by atoms with Crippen LogP contribution in [0.4, 0.5) is 16.2 Å². The minimum Gasteiger partial charge on any atom is -0.444 e. The smallest absolute Gasteiger partial charge is 0.412 e. The molecule has 0 aliphatic carbocycles. The zero-order chi connectivity index (χ0) is 25.6. The predicted octanol–water partition coefficient (Wildman–Crippen LogP) is 5.80. The Morgan fingerprint density at radius 1 is 0.811 bits per heavy atom. The number of aromatic nitrogens is 2. The number of Topliss-reactive ketones (excluding diaryl/α,β-unsaturated/α-hetero) is 1. The quantitative estimate of drug-likeness (QED) is 0.197. The minimum absolute atomic E-state index is 0.156. The Bertz CT molecular complexity index is 1580. The maximum atomic E-state index is 12.5. The van der Waals surface area contributed by atoms with E-state index in [0.717, 1.165) is 22.1 Å². The van der Waals surface area contributed by atoms with E-state index in [0.29, 0.717) is 22.6 Å². The third kappa shape index (κ3) is 5.54. The number of H-pyrrole nitrogens is 1. The lowest BCUT2D eigenvalue weighted by Crippen LogP contribution is -2.22. The lowest BCUT2D eigenvalue weighted by atomic mass is 10.0. The predicted molar refractivity (Wildman–Crippen MR) is 141 cm³/mol. The van der Waals surface area contributed by atoms with Crippen LogP contribution < -0.4 is 10.6 Å². The highest BCUT2D eigenvalue weighted by Gasteiger charge is 2.17. The van der Waals surface area contributed by atoms with E-state index in [2.05, 4.69) is 20.6 Å². The summed E-state index contributed by atoms with van der Waals surface area (Å²) in [4.78, 5) is 44.7. The second-order valence-corrected chi connectivity index (χ2v) is 8.24. The summed E-state index contributed by atoms with van der Waals surface area (Å²) in [6.07, 6.45) is 2.75. The number of ketones is 1. The molecule has 0 unspecified atom stereocenters. The lowest BCUT2D eigenvalue weighted by Gasteiger charge is -2.08. The molecule has 2 aromatic heterocycles. The molecule has 5 rings (SSSR count). The van der Waals surface area contributed by atoms with Crippen LogP contribution >= 0.6 is 0 Å². The first kappa shape index (κ1) is 23.5. The van der Waals surface area contributed by atoms with E-state index >= 15 is 0 Å². The van der Waals surface area contributed by atoms with E-state index in [-0.39, 0.29) is 6.61 Å². The number of nitrogens with zero attached hydrogens (tertiary/aromatic N) is 1. The average molecular weight is 491 g/mol. The van der Waals surface area contributed by atoms with Gasteiger partial charge in [-0.15, -0.1) is 0 Å². The van der Waals surface area contributed by atoms with Crippen molar-refractivity contribution in [2.75, 3.05) is 10.6 Å². The fourth-order valence-electron chi connectivity index (χ4n) is 3.86. The summed E-state index contributed by atoms with van der Waals surface area (Å²) in [6.45, 7) is 0.156. The van der Waals surface area contributed by atoms with Crippen molar-refractivity contribution in [3.8, 4) is 11.1 Å². The molecule has 37 heavy (non-hydrogen) atoms. The van der Waals surface area contributed by atoms with Crippen LogP contribution in [0.3, 0.4) is 0 Å². The molecule has 0 aliphatic heterocycles. The number of fused-ring (bicyclic) bond motifs is 1. The van der Waals surface area contributed by atoms with Gasteiger partial charge in [0.15, 0.2) is 0 Å². The third-order valence-electron chi connectivity index (χ3n) is 5.66. The molecule has 8 nitrogen and oxygen atoms in total. The summed E-state index contributed by atoms with van der Waals surface area (Å²) in [7, 11) is 0. The SMILES string of the molecule is O=C(Nc1cnc2[nH]cc(-c3cccc(NC(=O)C(=O)c4ccccc4)c3)c2c1)OCc1ccccc1. The monoisotopic (exact) mass is 490 g/mol. The summed E-state index contributed by atoms with van der Waals surface area (Å²) < 4.78 is 5.29. The fourth-order valence-corrected chi connectivity index (χ4v) is 3.86. The molecule has 2 heterocycles. The van der Waals surface area contributed by atoms with E-state index < -0.39 is 17.8 Å². The summed E-state index contributed by atoms with van der Waals surface area (Å²) in [5.74, 6) is -1.33. The molecule has 0 fully saturated rings. The molecule has 8 heteroatoms.